The second kappa shape index (κ2) is 27.5. The lowest BCUT2D eigenvalue weighted by molar-refractivity contribution is -0.777. The molecule has 0 spiro atoms. The Morgan fingerprint density at radius 1 is 0.490 bits per heavy atom. The molecule has 0 saturated carbocycles. The van der Waals surface area contributed by atoms with Crippen molar-refractivity contribution in [3.05, 3.63) is 46.5 Å². The van der Waals surface area contributed by atoms with Crippen molar-refractivity contribution in [1.82, 2.24) is 0 Å². The number of hydrogen-bond acceptors (Lipinski definition) is 10. The van der Waals surface area contributed by atoms with Gasteiger partial charge in [-0.1, -0.05) is 104 Å². The molecule has 0 amide bonds. The van der Waals surface area contributed by atoms with Gasteiger partial charge < -0.3 is 20.0 Å². The highest BCUT2D eigenvalue weighted by Gasteiger charge is 2.29. The minimum absolute atomic E-state index is 0.0230. The smallest absolute Gasteiger partial charge is 0.205 e. The van der Waals surface area contributed by atoms with Crippen LogP contribution in [0.25, 0.3) is 0 Å². The van der Waals surface area contributed by atoms with Crippen molar-refractivity contribution >= 4 is 24.1 Å². The Hall–Kier alpha value is -2.06. The second-order valence-electron chi connectivity index (χ2n) is 11.5. The normalized spacial score (nSPS) is 11.8. The zero-order valence-electron chi connectivity index (χ0n) is 28.7. The van der Waals surface area contributed by atoms with Crippen LogP contribution in [0, 0.1) is 52.5 Å². The van der Waals surface area contributed by atoms with Gasteiger partial charge in [-0.15, -0.1) is 0 Å². The number of methoxy groups -OCH3 is 1. The summed E-state index contributed by atoms with van der Waals surface area (Å²) in [7, 11) is 0.838. The minimum atomic E-state index is -1.75. The van der Waals surface area contributed by atoms with Crippen LogP contribution in [0.1, 0.15) is 117 Å². The van der Waals surface area contributed by atoms with Crippen molar-refractivity contribution < 1.29 is 73.9 Å². The molecule has 2 aromatic carbocycles. The van der Waals surface area contributed by atoms with Crippen molar-refractivity contribution in [1.29, 1.82) is 0 Å². The van der Waals surface area contributed by atoms with Crippen LogP contribution in [0.2, 0.25) is 0 Å². The van der Waals surface area contributed by atoms with Crippen LogP contribution in [-0.4, -0.2) is 13.7 Å². The van der Waals surface area contributed by atoms with Crippen LogP contribution in [-0.2, 0) is 18.7 Å². The molecule has 0 bridgehead atoms. The number of rotatable bonds is 26. The molecule has 0 aromatic heterocycles. The van der Waals surface area contributed by atoms with Crippen LogP contribution in [0.3, 0.4) is 0 Å². The third kappa shape index (κ3) is 16.2. The topological polar surface area (TPSA) is 102 Å². The van der Waals surface area contributed by atoms with Crippen molar-refractivity contribution in [3.8, 4) is 11.5 Å². The summed E-state index contributed by atoms with van der Waals surface area (Å²) in [5.74, 6) is -15.9. The number of unbranched alkanes of at least 4 members (excludes halogenated alkanes) is 12. The van der Waals surface area contributed by atoms with Gasteiger partial charge in [0.2, 0.25) is 23.3 Å². The summed E-state index contributed by atoms with van der Waals surface area (Å²) >= 11 is -0.544. The molecule has 0 aliphatic carbocycles. The van der Waals surface area contributed by atoms with E-state index in [1.54, 1.807) is 0 Å². The number of ether oxygens (including phenoxy) is 2. The molecule has 1 unspecified atom stereocenters. The monoisotopic (exact) mass is 784 g/mol. The molecule has 0 aliphatic heterocycles. The lowest BCUT2D eigenvalue weighted by atomic mass is 9.94. The highest BCUT2D eigenvalue weighted by atomic mass is 32.2. The number of benzene rings is 2. The Morgan fingerprint density at radius 3 is 1.16 bits per heavy atom. The quantitative estimate of drug-likeness (QED) is 0.0229. The first-order valence-electron chi connectivity index (χ1n) is 16.7. The van der Waals surface area contributed by atoms with Crippen LogP contribution in [0.15, 0.2) is 9.79 Å². The van der Waals surface area contributed by atoms with E-state index in [1.807, 2.05) is 0 Å². The second-order valence-corrected chi connectivity index (χ2v) is 12.9. The molecule has 0 radical (unpaired) electrons. The van der Waals surface area contributed by atoms with Crippen LogP contribution in [0.4, 0.5) is 35.1 Å². The summed E-state index contributed by atoms with van der Waals surface area (Å²) in [5, 5.41) is 25.1. The molecule has 0 fully saturated rings. The molecular weight excluding hydrogens is 740 g/mol. The number of halogens is 8. The van der Waals surface area contributed by atoms with Gasteiger partial charge in [0, 0.05) is 0 Å². The Morgan fingerprint density at radius 2 is 0.824 bits per heavy atom. The van der Waals surface area contributed by atoms with E-state index in [-0.39, 0.29) is 36.6 Å². The maximum absolute atomic E-state index is 14.4. The molecule has 294 valence electrons. The first-order valence-corrected chi connectivity index (χ1v) is 18.1. The van der Waals surface area contributed by atoms with Gasteiger partial charge in [-0.3, -0.25) is 10.1 Å². The molecule has 2 aromatic rings. The zero-order valence-corrected chi connectivity index (χ0v) is 30.3. The van der Waals surface area contributed by atoms with E-state index in [0.29, 0.717) is 0 Å². The average molecular weight is 785 g/mol. The molecule has 0 heterocycles. The summed E-state index contributed by atoms with van der Waals surface area (Å²) in [6.45, 7) is 4.33. The van der Waals surface area contributed by atoms with Crippen molar-refractivity contribution in [2.45, 2.75) is 126 Å². The highest BCUT2D eigenvalue weighted by Crippen LogP contribution is 2.37. The fourth-order valence-electron chi connectivity index (χ4n) is 5.02. The average Bonchev–Trinajstić information content (AvgIpc) is 3.12. The highest BCUT2D eigenvalue weighted by molar-refractivity contribution is 7.94. The van der Waals surface area contributed by atoms with E-state index in [2.05, 4.69) is 37.3 Å². The van der Waals surface area contributed by atoms with Crippen LogP contribution < -0.4 is 20.0 Å². The van der Waals surface area contributed by atoms with Crippen molar-refractivity contribution in [2.24, 2.45) is 5.92 Å². The Kier molecular flexibility index (Phi) is 25.4. The van der Waals surface area contributed by atoms with Gasteiger partial charge in [0.1, 0.15) is 9.79 Å². The molecule has 0 N–H and O–H groups in total. The molecule has 2 rings (SSSR count). The van der Waals surface area contributed by atoms with E-state index in [0.717, 1.165) is 58.5 Å². The summed E-state index contributed by atoms with van der Waals surface area (Å²) in [6.07, 6.45) is 17.9. The fourth-order valence-corrected chi connectivity index (χ4v) is 5.87. The molecule has 18 heteroatoms. The summed E-state index contributed by atoms with van der Waals surface area (Å²) in [5.41, 5.74) is 0. The minimum Gasteiger partial charge on any atom is -0.691 e. The predicted molar refractivity (Wildman–Crippen MR) is 169 cm³/mol. The third-order valence-corrected chi connectivity index (χ3v) is 9.05. The Bertz CT molecular complexity index is 1220. The van der Waals surface area contributed by atoms with Gasteiger partial charge in [-0.05, 0) is 18.8 Å². The van der Waals surface area contributed by atoms with Gasteiger partial charge in [0.05, 0.1) is 37.8 Å². The third-order valence-electron chi connectivity index (χ3n) is 7.76. The maximum Gasteiger partial charge on any atom is 0.205 e. The lowest BCUT2D eigenvalue weighted by Crippen LogP contribution is -2.15. The number of hydrogen-bond donors (Lipinski definition) is 0. The zero-order chi connectivity index (χ0) is 38.2. The molecule has 0 aliphatic rings. The Labute approximate surface area is 301 Å². The lowest BCUT2D eigenvalue weighted by Gasteiger charge is -2.19. The van der Waals surface area contributed by atoms with Crippen molar-refractivity contribution in [3.63, 3.8) is 0 Å². The molecule has 1 atom stereocenters. The SMILES string of the molecule is CCCCCCCCCCC(CCCCCCCC)COc1c(F)c(F)c(SOO[O-])c(F)c1F.COc1c(F)c(F)c(SOO[O-])c(F)c1F. The van der Waals surface area contributed by atoms with Gasteiger partial charge >= 0.3 is 0 Å². The van der Waals surface area contributed by atoms with Crippen LogP contribution in [0.5, 0.6) is 11.5 Å². The van der Waals surface area contributed by atoms with E-state index >= 15 is 0 Å². The molecule has 8 nitrogen and oxygen atoms in total. The maximum atomic E-state index is 14.4. The molecule has 51 heavy (non-hydrogen) atoms. The molecule has 0 saturated heterocycles. The van der Waals surface area contributed by atoms with Crippen LogP contribution >= 0.6 is 24.1 Å². The summed E-state index contributed by atoms with van der Waals surface area (Å²) in [6, 6.07) is 0. The van der Waals surface area contributed by atoms with E-state index < -0.39 is 67.8 Å². The van der Waals surface area contributed by atoms with E-state index in [9.17, 15) is 45.6 Å². The predicted octanol–water partition coefficient (Wildman–Crippen LogP) is 10.2. The van der Waals surface area contributed by atoms with E-state index in [4.69, 9.17) is 4.74 Å². The Balaban J connectivity index is 0.000000674. The van der Waals surface area contributed by atoms with Gasteiger partial charge in [0.25, 0.3) is 0 Å². The van der Waals surface area contributed by atoms with Gasteiger partial charge in [0.15, 0.2) is 34.8 Å². The molecular formula is C33H44F8O8S2-2. The van der Waals surface area contributed by atoms with Gasteiger partial charge in [-0.2, -0.15) is 26.2 Å². The first kappa shape index (κ1) is 47.0. The largest absolute Gasteiger partial charge is 0.691 e. The van der Waals surface area contributed by atoms with Crippen molar-refractivity contribution in [2.75, 3.05) is 13.7 Å². The van der Waals surface area contributed by atoms with Gasteiger partial charge in [-0.25, -0.2) is 17.6 Å². The standard InChI is InChI=1S/C26H42F4O4S.C7H4F4O4S/c1-3-5-7-9-11-12-14-16-18-20(17-15-13-10-8-6-4-2)19-32-25-21(27)23(29)26(35-34-33-31)24(30)22(25)28;1-13-6-2(8)4(10)7(16-15-14-12)5(11)3(6)9/h20,31H,3-19H2,1-2H3;12H,1H3/p-2. The fraction of sp³-hybridized carbons (Fsp3) is 0.636. The van der Waals surface area contributed by atoms with E-state index in [1.165, 1.54) is 51.4 Å². The first-order chi connectivity index (χ1) is 24.5. The summed E-state index contributed by atoms with van der Waals surface area (Å²) < 4.78 is 126. The summed E-state index contributed by atoms with van der Waals surface area (Å²) in [4.78, 5) is -2.34.